The van der Waals surface area contributed by atoms with Crippen molar-refractivity contribution < 1.29 is 18.8 Å². The van der Waals surface area contributed by atoms with Crippen molar-refractivity contribution in [2.45, 2.75) is 6.92 Å². The number of hydrogen-bond acceptors (Lipinski definition) is 4. The van der Waals surface area contributed by atoms with Gasteiger partial charge in [0, 0.05) is 0 Å². The summed E-state index contributed by atoms with van der Waals surface area (Å²) in [7, 11) is 1.31. The second-order valence-corrected chi connectivity index (χ2v) is 3.51. The lowest BCUT2D eigenvalue weighted by Gasteiger charge is -2.06. The molecule has 0 amide bonds. The zero-order valence-electron chi connectivity index (χ0n) is 9.72. The molecule has 0 fully saturated rings. The van der Waals surface area contributed by atoms with E-state index in [1.165, 1.54) is 25.5 Å². The van der Waals surface area contributed by atoms with Crippen LogP contribution in [0.3, 0.4) is 0 Å². The topological polar surface area (TPSA) is 47.9 Å². The number of methoxy groups -OCH3 is 1. The standard InChI is InChI=1S/C12H14FNO3/c1-9(12(15)16-2)8-17-14-7-10-4-3-5-11(13)6-10/h3-7,9H,8H2,1-2H3/b14-7+/t9-/m1/s1. The van der Waals surface area contributed by atoms with Gasteiger partial charge in [0.1, 0.15) is 12.4 Å². The van der Waals surface area contributed by atoms with Gasteiger partial charge in [-0.1, -0.05) is 17.3 Å². The number of carbonyl (C=O) groups is 1. The smallest absolute Gasteiger partial charge is 0.311 e. The van der Waals surface area contributed by atoms with Gasteiger partial charge in [0.2, 0.25) is 0 Å². The van der Waals surface area contributed by atoms with Crippen LogP contribution in [-0.2, 0) is 14.4 Å². The van der Waals surface area contributed by atoms with Crippen LogP contribution in [0, 0.1) is 11.7 Å². The number of ether oxygens (including phenoxy) is 1. The maximum Gasteiger partial charge on any atom is 0.311 e. The van der Waals surface area contributed by atoms with E-state index in [0.29, 0.717) is 5.56 Å². The van der Waals surface area contributed by atoms with E-state index in [0.717, 1.165) is 0 Å². The Kier molecular flexibility index (Phi) is 5.13. The zero-order chi connectivity index (χ0) is 12.7. The number of nitrogens with zero attached hydrogens (tertiary/aromatic N) is 1. The lowest BCUT2D eigenvalue weighted by atomic mass is 10.2. The second kappa shape index (κ2) is 6.62. The first-order valence-corrected chi connectivity index (χ1v) is 5.12. The van der Waals surface area contributed by atoms with Crippen LogP contribution in [0.25, 0.3) is 0 Å². The number of esters is 1. The average Bonchev–Trinajstić information content (AvgIpc) is 2.33. The molecule has 0 aromatic heterocycles. The number of hydrogen-bond donors (Lipinski definition) is 0. The summed E-state index contributed by atoms with van der Waals surface area (Å²) in [5.74, 6) is -1.08. The molecule has 17 heavy (non-hydrogen) atoms. The molecule has 0 spiro atoms. The molecule has 0 aliphatic carbocycles. The summed E-state index contributed by atoms with van der Waals surface area (Å²) < 4.78 is 17.3. The van der Waals surface area contributed by atoms with E-state index in [1.54, 1.807) is 19.1 Å². The lowest BCUT2D eigenvalue weighted by molar-refractivity contribution is -0.146. The van der Waals surface area contributed by atoms with Crippen LogP contribution < -0.4 is 0 Å². The first-order chi connectivity index (χ1) is 8.13. The predicted molar refractivity (Wildman–Crippen MR) is 61.1 cm³/mol. The average molecular weight is 239 g/mol. The molecule has 0 unspecified atom stereocenters. The van der Waals surface area contributed by atoms with Crippen molar-refractivity contribution in [2.24, 2.45) is 11.1 Å². The van der Waals surface area contributed by atoms with E-state index in [4.69, 9.17) is 4.84 Å². The molecule has 4 nitrogen and oxygen atoms in total. The number of benzene rings is 1. The van der Waals surface area contributed by atoms with Crippen molar-refractivity contribution in [3.05, 3.63) is 35.6 Å². The van der Waals surface area contributed by atoms with Crippen LogP contribution >= 0.6 is 0 Å². The summed E-state index contributed by atoms with van der Waals surface area (Å²) in [6, 6.07) is 5.95. The maximum absolute atomic E-state index is 12.8. The molecule has 0 radical (unpaired) electrons. The van der Waals surface area contributed by atoms with Gasteiger partial charge in [-0.2, -0.15) is 0 Å². The van der Waals surface area contributed by atoms with Gasteiger partial charge < -0.3 is 9.57 Å². The minimum absolute atomic E-state index is 0.124. The molecular formula is C12H14FNO3. The van der Waals surface area contributed by atoms with Crippen LogP contribution in [0.4, 0.5) is 4.39 Å². The largest absolute Gasteiger partial charge is 0.469 e. The lowest BCUT2D eigenvalue weighted by Crippen LogP contribution is -2.17. The highest BCUT2D eigenvalue weighted by Gasteiger charge is 2.12. The van der Waals surface area contributed by atoms with Crippen molar-refractivity contribution in [3.63, 3.8) is 0 Å². The summed E-state index contributed by atoms with van der Waals surface area (Å²) in [6.07, 6.45) is 1.38. The molecule has 5 heteroatoms. The SMILES string of the molecule is COC(=O)[C@H](C)CO/N=C/c1cccc(F)c1. The molecule has 1 aromatic carbocycles. The Morgan fingerprint density at radius 1 is 1.59 bits per heavy atom. The van der Waals surface area contributed by atoms with Gasteiger partial charge in [0.25, 0.3) is 0 Å². The third-order valence-corrected chi connectivity index (χ3v) is 2.05. The Balaban J connectivity index is 2.38. The van der Waals surface area contributed by atoms with Crippen LogP contribution in [0.2, 0.25) is 0 Å². The number of carbonyl (C=O) groups excluding carboxylic acids is 1. The Bertz CT molecular complexity index is 406. The van der Waals surface area contributed by atoms with E-state index in [-0.39, 0.29) is 24.3 Å². The molecule has 0 N–H and O–H groups in total. The van der Waals surface area contributed by atoms with Crippen LogP contribution in [0.1, 0.15) is 12.5 Å². The maximum atomic E-state index is 12.8. The van der Waals surface area contributed by atoms with E-state index in [9.17, 15) is 9.18 Å². The molecule has 0 saturated heterocycles. The quantitative estimate of drug-likeness (QED) is 0.448. The Labute approximate surface area is 99.0 Å². The fraction of sp³-hybridized carbons (Fsp3) is 0.333. The highest BCUT2D eigenvalue weighted by Crippen LogP contribution is 2.02. The number of halogens is 1. The Hall–Kier alpha value is -1.91. The van der Waals surface area contributed by atoms with E-state index in [2.05, 4.69) is 9.89 Å². The summed E-state index contributed by atoms with van der Waals surface area (Å²) in [6.45, 7) is 1.79. The molecule has 92 valence electrons. The van der Waals surface area contributed by atoms with Crippen LogP contribution in [-0.4, -0.2) is 25.9 Å². The molecular weight excluding hydrogens is 225 g/mol. The van der Waals surface area contributed by atoms with Gasteiger partial charge >= 0.3 is 5.97 Å². The highest BCUT2D eigenvalue weighted by molar-refractivity contribution is 5.78. The summed E-state index contributed by atoms with van der Waals surface area (Å²) >= 11 is 0. The first-order valence-electron chi connectivity index (χ1n) is 5.12. The minimum Gasteiger partial charge on any atom is -0.469 e. The van der Waals surface area contributed by atoms with Gasteiger partial charge in [0.05, 0.1) is 19.2 Å². The van der Waals surface area contributed by atoms with Crippen LogP contribution in [0.5, 0.6) is 0 Å². The Morgan fingerprint density at radius 2 is 2.35 bits per heavy atom. The van der Waals surface area contributed by atoms with Crippen molar-refractivity contribution in [1.82, 2.24) is 0 Å². The number of rotatable bonds is 5. The minimum atomic E-state index is -0.385. The monoisotopic (exact) mass is 239 g/mol. The normalized spacial score (nSPS) is 12.4. The van der Waals surface area contributed by atoms with E-state index < -0.39 is 0 Å². The molecule has 0 saturated carbocycles. The molecule has 0 bridgehead atoms. The van der Waals surface area contributed by atoms with Crippen molar-refractivity contribution in [1.29, 1.82) is 0 Å². The fourth-order valence-corrected chi connectivity index (χ4v) is 1.11. The van der Waals surface area contributed by atoms with Gasteiger partial charge in [-0.3, -0.25) is 4.79 Å². The van der Waals surface area contributed by atoms with Crippen molar-refractivity contribution in [2.75, 3.05) is 13.7 Å². The second-order valence-electron chi connectivity index (χ2n) is 3.51. The molecule has 1 rings (SSSR count). The van der Waals surface area contributed by atoms with Gasteiger partial charge in [-0.25, -0.2) is 4.39 Å². The van der Waals surface area contributed by atoms with Crippen molar-refractivity contribution >= 4 is 12.2 Å². The fourth-order valence-electron chi connectivity index (χ4n) is 1.11. The van der Waals surface area contributed by atoms with Crippen molar-refractivity contribution in [3.8, 4) is 0 Å². The predicted octanol–water partition coefficient (Wildman–Crippen LogP) is 1.99. The summed E-state index contributed by atoms with van der Waals surface area (Å²) in [4.78, 5) is 15.9. The molecule has 1 atom stereocenters. The molecule has 0 heterocycles. The van der Waals surface area contributed by atoms with Gasteiger partial charge in [-0.05, 0) is 24.6 Å². The van der Waals surface area contributed by atoms with E-state index >= 15 is 0 Å². The van der Waals surface area contributed by atoms with E-state index in [1.807, 2.05) is 0 Å². The third kappa shape index (κ3) is 4.63. The zero-order valence-corrected chi connectivity index (χ0v) is 9.72. The molecule has 1 aromatic rings. The van der Waals surface area contributed by atoms with Gasteiger partial charge in [0.15, 0.2) is 0 Å². The summed E-state index contributed by atoms with van der Waals surface area (Å²) in [5, 5.41) is 3.64. The summed E-state index contributed by atoms with van der Waals surface area (Å²) in [5.41, 5.74) is 0.593. The third-order valence-electron chi connectivity index (χ3n) is 2.05. The Morgan fingerprint density at radius 3 is 3.00 bits per heavy atom. The van der Waals surface area contributed by atoms with Crippen LogP contribution in [0.15, 0.2) is 29.4 Å². The highest BCUT2D eigenvalue weighted by atomic mass is 19.1. The molecule has 0 aliphatic heterocycles. The number of oxime groups is 1. The molecule has 0 aliphatic rings. The first kappa shape index (κ1) is 13.2. The van der Waals surface area contributed by atoms with Gasteiger partial charge in [-0.15, -0.1) is 0 Å².